The Kier molecular flexibility index (Phi) is 5.51. The van der Waals surface area contributed by atoms with E-state index in [9.17, 15) is 4.79 Å². The molecule has 1 heterocycles. The molecule has 3 aromatic rings. The maximum absolute atomic E-state index is 11.1. The largest absolute Gasteiger partial charge is 0.378 e. The van der Waals surface area contributed by atoms with Gasteiger partial charge in [0.2, 0.25) is 11.9 Å². The quantitative estimate of drug-likeness (QED) is 0.615. The first kappa shape index (κ1) is 18.2. The normalized spacial score (nSPS) is 10.2. The van der Waals surface area contributed by atoms with Crippen molar-refractivity contribution in [2.45, 2.75) is 6.92 Å². The maximum atomic E-state index is 11.1. The van der Waals surface area contributed by atoms with E-state index in [-0.39, 0.29) is 5.91 Å². The number of hydrogen-bond donors (Lipinski definition) is 3. The lowest BCUT2D eigenvalue weighted by Gasteiger charge is -2.14. The lowest BCUT2D eigenvalue weighted by Crippen LogP contribution is -2.08. The van der Waals surface area contributed by atoms with Crippen LogP contribution in [0.5, 0.6) is 0 Å². The van der Waals surface area contributed by atoms with Gasteiger partial charge in [-0.2, -0.15) is 4.98 Å². The molecule has 0 saturated heterocycles. The van der Waals surface area contributed by atoms with Gasteiger partial charge in [0.05, 0.1) is 0 Å². The minimum atomic E-state index is -0.0967. The number of amides is 1. The van der Waals surface area contributed by atoms with Crippen molar-refractivity contribution in [1.29, 1.82) is 0 Å². The third kappa shape index (κ3) is 5.18. The summed E-state index contributed by atoms with van der Waals surface area (Å²) in [5.41, 5.74) is 3.62. The molecule has 3 N–H and O–H groups in total. The molecule has 0 atom stereocenters. The van der Waals surface area contributed by atoms with Gasteiger partial charge in [0.15, 0.2) is 0 Å². The summed E-state index contributed by atoms with van der Waals surface area (Å²) >= 11 is 0. The molecule has 7 nitrogen and oxygen atoms in total. The van der Waals surface area contributed by atoms with Gasteiger partial charge in [-0.25, -0.2) is 4.98 Å². The molecule has 2 aromatic carbocycles. The number of hydrogen-bond acceptors (Lipinski definition) is 6. The first-order chi connectivity index (χ1) is 13.0. The highest BCUT2D eigenvalue weighted by atomic mass is 16.1. The van der Waals surface area contributed by atoms with Crippen LogP contribution in [-0.4, -0.2) is 30.0 Å². The number of nitrogens with zero attached hydrogens (tertiary/aromatic N) is 3. The molecule has 0 spiro atoms. The van der Waals surface area contributed by atoms with Crippen LogP contribution in [0.3, 0.4) is 0 Å². The highest BCUT2D eigenvalue weighted by Crippen LogP contribution is 2.22. The summed E-state index contributed by atoms with van der Waals surface area (Å²) in [5.74, 6) is 1.08. The van der Waals surface area contributed by atoms with Gasteiger partial charge >= 0.3 is 0 Å². The number of carbonyl (C=O) groups is 1. The third-order valence-electron chi connectivity index (χ3n) is 3.75. The molecule has 0 fully saturated rings. The molecule has 7 heteroatoms. The monoisotopic (exact) mass is 362 g/mol. The zero-order valence-electron chi connectivity index (χ0n) is 15.5. The highest BCUT2D eigenvalue weighted by Gasteiger charge is 2.03. The van der Waals surface area contributed by atoms with Crippen LogP contribution in [0.25, 0.3) is 0 Å². The fraction of sp³-hybridized carbons (Fsp3) is 0.150. The molecule has 3 rings (SSSR count). The van der Waals surface area contributed by atoms with Gasteiger partial charge in [0, 0.05) is 50.0 Å². The molecule has 0 unspecified atom stereocenters. The van der Waals surface area contributed by atoms with Crippen LogP contribution in [0.1, 0.15) is 6.92 Å². The standard InChI is InChI=1S/C20H22N6O/c1-14(27)22-15-7-9-16(10-8-15)23-19-11-12-21-20(25-19)24-17-5-4-6-18(13-17)26(2)3/h4-13H,1-3H3,(H,22,27)(H2,21,23,24,25). The summed E-state index contributed by atoms with van der Waals surface area (Å²) in [4.78, 5) is 21.9. The van der Waals surface area contributed by atoms with E-state index in [1.807, 2.05) is 67.5 Å². The van der Waals surface area contributed by atoms with Gasteiger partial charge in [-0.05, 0) is 48.5 Å². The van der Waals surface area contributed by atoms with E-state index < -0.39 is 0 Å². The third-order valence-corrected chi connectivity index (χ3v) is 3.75. The average Bonchev–Trinajstić information content (AvgIpc) is 2.63. The number of benzene rings is 2. The van der Waals surface area contributed by atoms with E-state index >= 15 is 0 Å². The Bertz CT molecular complexity index is 924. The van der Waals surface area contributed by atoms with Crippen LogP contribution in [-0.2, 0) is 4.79 Å². The summed E-state index contributed by atoms with van der Waals surface area (Å²) in [5, 5.41) is 9.19. The summed E-state index contributed by atoms with van der Waals surface area (Å²) < 4.78 is 0. The van der Waals surface area contributed by atoms with E-state index in [4.69, 9.17) is 0 Å². The zero-order valence-corrected chi connectivity index (χ0v) is 15.5. The minimum absolute atomic E-state index is 0.0967. The fourth-order valence-electron chi connectivity index (χ4n) is 2.47. The van der Waals surface area contributed by atoms with Crippen molar-refractivity contribution in [1.82, 2.24) is 9.97 Å². The topological polar surface area (TPSA) is 82.2 Å². The summed E-state index contributed by atoms with van der Waals surface area (Å²) in [7, 11) is 3.99. The summed E-state index contributed by atoms with van der Waals surface area (Å²) in [6.07, 6.45) is 1.69. The van der Waals surface area contributed by atoms with Gasteiger partial charge in [0.1, 0.15) is 5.82 Å². The fourth-order valence-corrected chi connectivity index (χ4v) is 2.47. The Morgan fingerprint density at radius 2 is 1.67 bits per heavy atom. The second-order valence-electron chi connectivity index (χ2n) is 6.22. The molecular formula is C20H22N6O. The van der Waals surface area contributed by atoms with Crippen molar-refractivity contribution in [3.8, 4) is 0 Å². The number of nitrogens with one attached hydrogen (secondary N) is 3. The Morgan fingerprint density at radius 3 is 2.37 bits per heavy atom. The van der Waals surface area contributed by atoms with Crippen LogP contribution in [0.2, 0.25) is 0 Å². The van der Waals surface area contributed by atoms with E-state index in [1.54, 1.807) is 12.3 Å². The number of rotatable bonds is 6. The molecule has 0 aliphatic carbocycles. The predicted molar refractivity (Wildman–Crippen MR) is 110 cm³/mol. The number of carbonyl (C=O) groups excluding carboxylic acids is 1. The van der Waals surface area contributed by atoms with Crippen molar-refractivity contribution in [2.75, 3.05) is 34.9 Å². The second kappa shape index (κ2) is 8.18. The lowest BCUT2D eigenvalue weighted by molar-refractivity contribution is -0.114. The first-order valence-electron chi connectivity index (χ1n) is 8.52. The van der Waals surface area contributed by atoms with E-state index in [0.29, 0.717) is 11.8 Å². The van der Waals surface area contributed by atoms with Gasteiger partial charge in [-0.3, -0.25) is 4.79 Å². The van der Waals surface area contributed by atoms with Gasteiger partial charge in [-0.1, -0.05) is 6.07 Å². The number of aromatic nitrogens is 2. The first-order valence-corrected chi connectivity index (χ1v) is 8.52. The average molecular weight is 362 g/mol. The van der Waals surface area contributed by atoms with Crippen molar-refractivity contribution >= 4 is 40.4 Å². The van der Waals surface area contributed by atoms with Crippen molar-refractivity contribution in [2.24, 2.45) is 0 Å². The van der Waals surface area contributed by atoms with E-state index in [0.717, 1.165) is 22.7 Å². The molecular weight excluding hydrogens is 340 g/mol. The summed E-state index contributed by atoms with van der Waals surface area (Å²) in [6.45, 7) is 1.48. The SMILES string of the molecule is CC(=O)Nc1ccc(Nc2ccnc(Nc3cccc(N(C)C)c3)n2)cc1. The molecule has 0 bridgehead atoms. The molecule has 0 saturated carbocycles. The van der Waals surface area contributed by atoms with Crippen LogP contribution in [0.15, 0.2) is 60.8 Å². The van der Waals surface area contributed by atoms with Crippen LogP contribution < -0.4 is 20.9 Å². The Labute approximate surface area is 158 Å². The lowest BCUT2D eigenvalue weighted by atomic mass is 10.2. The minimum Gasteiger partial charge on any atom is -0.378 e. The van der Waals surface area contributed by atoms with Crippen molar-refractivity contribution < 1.29 is 4.79 Å². The van der Waals surface area contributed by atoms with Gasteiger partial charge < -0.3 is 20.9 Å². The molecule has 1 aromatic heterocycles. The van der Waals surface area contributed by atoms with Crippen molar-refractivity contribution in [3.05, 3.63) is 60.8 Å². The smallest absolute Gasteiger partial charge is 0.229 e. The van der Waals surface area contributed by atoms with Crippen LogP contribution in [0.4, 0.5) is 34.5 Å². The molecule has 27 heavy (non-hydrogen) atoms. The Hall–Kier alpha value is -3.61. The Morgan fingerprint density at radius 1 is 0.926 bits per heavy atom. The van der Waals surface area contributed by atoms with Gasteiger partial charge in [0.25, 0.3) is 0 Å². The summed E-state index contributed by atoms with van der Waals surface area (Å²) in [6, 6.07) is 17.2. The Balaban J connectivity index is 1.70. The number of anilines is 6. The molecule has 0 aliphatic heterocycles. The predicted octanol–water partition coefficient (Wildman–Crippen LogP) is 3.99. The highest BCUT2D eigenvalue weighted by molar-refractivity contribution is 5.88. The van der Waals surface area contributed by atoms with Crippen LogP contribution in [0, 0.1) is 0 Å². The second-order valence-corrected chi connectivity index (χ2v) is 6.22. The zero-order chi connectivity index (χ0) is 19.2. The van der Waals surface area contributed by atoms with E-state index in [1.165, 1.54) is 6.92 Å². The van der Waals surface area contributed by atoms with Crippen LogP contribution >= 0.6 is 0 Å². The molecule has 138 valence electrons. The van der Waals surface area contributed by atoms with E-state index in [2.05, 4.69) is 25.9 Å². The molecule has 1 amide bonds. The van der Waals surface area contributed by atoms with Gasteiger partial charge in [-0.15, -0.1) is 0 Å². The van der Waals surface area contributed by atoms with Crippen molar-refractivity contribution in [3.63, 3.8) is 0 Å². The maximum Gasteiger partial charge on any atom is 0.229 e. The molecule has 0 aliphatic rings. The molecule has 0 radical (unpaired) electrons.